The van der Waals surface area contributed by atoms with Crippen LogP contribution in [0.15, 0.2) is 53.7 Å². The summed E-state index contributed by atoms with van der Waals surface area (Å²) in [6.45, 7) is 0. The second-order valence-corrected chi connectivity index (χ2v) is 4.44. The van der Waals surface area contributed by atoms with Crippen molar-refractivity contribution in [1.82, 2.24) is 4.98 Å². The van der Waals surface area contributed by atoms with Crippen LogP contribution in [-0.4, -0.2) is 16.1 Å². The molecule has 6 heteroatoms. The molecule has 0 amide bonds. The number of halogens is 1. The van der Waals surface area contributed by atoms with E-state index in [9.17, 15) is 14.5 Å². The fourth-order valence-corrected chi connectivity index (χ4v) is 2.05. The van der Waals surface area contributed by atoms with E-state index in [0.29, 0.717) is 0 Å². The predicted octanol–water partition coefficient (Wildman–Crippen LogP) is 3.97. The standard InChI is InChI=1S/C15H10FN3O2/c16-13-6-5-11(19(20)21)7-15(13)18-9-10-8-17-14-4-2-1-3-12(10)14/h1-9,17H. The third-order valence-electron chi connectivity index (χ3n) is 3.10. The van der Waals surface area contributed by atoms with Gasteiger partial charge in [0.2, 0.25) is 0 Å². The molecule has 1 heterocycles. The van der Waals surface area contributed by atoms with Crippen molar-refractivity contribution in [3.63, 3.8) is 0 Å². The Bertz CT molecular complexity index is 855. The summed E-state index contributed by atoms with van der Waals surface area (Å²) in [5.41, 5.74) is 1.48. The van der Waals surface area contributed by atoms with Crippen molar-refractivity contribution in [2.24, 2.45) is 4.99 Å². The number of aromatic amines is 1. The molecule has 0 radical (unpaired) electrons. The molecule has 0 saturated heterocycles. The minimum atomic E-state index is -0.600. The number of H-pyrrole nitrogens is 1. The van der Waals surface area contributed by atoms with E-state index < -0.39 is 10.7 Å². The SMILES string of the molecule is O=[N+]([O-])c1ccc(F)c(N=Cc2c[nH]c3ccccc23)c1. The van der Waals surface area contributed by atoms with Crippen molar-refractivity contribution in [3.05, 3.63) is 70.2 Å². The molecule has 0 atom stereocenters. The van der Waals surface area contributed by atoms with Crippen molar-refractivity contribution in [2.75, 3.05) is 0 Å². The van der Waals surface area contributed by atoms with Gasteiger partial charge in [0, 0.05) is 41.0 Å². The van der Waals surface area contributed by atoms with Crippen LogP contribution in [0.5, 0.6) is 0 Å². The van der Waals surface area contributed by atoms with Gasteiger partial charge in [0.1, 0.15) is 11.5 Å². The number of nitrogens with one attached hydrogen (secondary N) is 1. The van der Waals surface area contributed by atoms with Crippen molar-refractivity contribution >= 4 is 28.5 Å². The Kier molecular flexibility index (Phi) is 3.19. The number of nitrogens with zero attached hydrogens (tertiary/aromatic N) is 2. The van der Waals surface area contributed by atoms with Crippen LogP contribution in [0.1, 0.15) is 5.56 Å². The molecular formula is C15H10FN3O2. The number of benzene rings is 2. The Morgan fingerprint density at radius 2 is 2.05 bits per heavy atom. The number of nitro benzene ring substituents is 1. The van der Waals surface area contributed by atoms with Crippen LogP contribution >= 0.6 is 0 Å². The van der Waals surface area contributed by atoms with E-state index in [1.54, 1.807) is 6.20 Å². The normalized spacial score (nSPS) is 11.3. The van der Waals surface area contributed by atoms with Crippen molar-refractivity contribution in [2.45, 2.75) is 0 Å². The van der Waals surface area contributed by atoms with Crippen molar-refractivity contribution < 1.29 is 9.31 Å². The number of hydrogen-bond acceptors (Lipinski definition) is 3. The van der Waals surface area contributed by atoms with Gasteiger partial charge in [0.15, 0.2) is 0 Å². The summed E-state index contributed by atoms with van der Waals surface area (Å²) in [6, 6.07) is 10.9. The topological polar surface area (TPSA) is 71.3 Å². The van der Waals surface area contributed by atoms with E-state index >= 15 is 0 Å². The Morgan fingerprint density at radius 1 is 1.24 bits per heavy atom. The Labute approximate surface area is 118 Å². The summed E-state index contributed by atoms with van der Waals surface area (Å²) in [5, 5.41) is 11.6. The van der Waals surface area contributed by atoms with Gasteiger partial charge in [-0.3, -0.25) is 15.1 Å². The van der Waals surface area contributed by atoms with Crippen LogP contribution in [0.25, 0.3) is 10.9 Å². The molecule has 0 bridgehead atoms. The van der Waals surface area contributed by atoms with Crippen LogP contribution in [-0.2, 0) is 0 Å². The van der Waals surface area contributed by atoms with E-state index in [4.69, 9.17) is 0 Å². The molecule has 0 saturated carbocycles. The molecule has 1 aromatic heterocycles. The molecule has 0 spiro atoms. The number of rotatable bonds is 3. The first-order chi connectivity index (χ1) is 10.1. The Hall–Kier alpha value is -3.02. The van der Waals surface area contributed by atoms with Gasteiger partial charge in [-0.2, -0.15) is 0 Å². The minimum Gasteiger partial charge on any atom is -0.361 e. The van der Waals surface area contributed by atoms with Crippen LogP contribution in [0.2, 0.25) is 0 Å². The van der Waals surface area contributed by atoms with Crippen LogP contribution < -0.4 is 0 Å². The van der Waals surface area contributed by atoms with Crippen molar-refractivity contribution in [3.8, 4) is 0 Å². The first-order valence-electron chi connectivity index (χ1n) is 6.19. The number of aromatic nitrogens is 1. The summed E-state index contributed by atoms with van der Waals surface area (Å²) < 4.78 is 13.6. The maximum absolute atomic E-state index is 13.6. The number of non-ortho nitro benzene ring substituents is 1. The number of aliphatic imine (C=N–C) groups is 1. The first kappa shape index (κ1) is 13.0. The average molecular weight is 283 g/mol. The molecule has 104 valence electrons. The molecule has 3 aromatic rings. The van der Waals surface area contributed by atoms with E-state index in [2.05, 4.69) is 9.98 Å². The van der Waals surface area contributed by atoms with Gasteiger partial charge in [-0.05, 0) is 12.1 Å². The quantitative estimate of drug-likeness (QED) is 0.449. The minimum absolute atomic E-state index is 0.0607. The molecule has 2 aromatic carbocycles. The highest BCUT2D eigenvalue weighted by Crippen LogP contribution is 2.24. The largest absolute Gasteiger partial charge is 0.361 e. The number of hydrogen-bond donors (Lipinski definition) is 1. The van der Waals surface area contributed by atoms with Crippen LogP contribution in [0.3, 0.4) is 0 Å². The number of para-hydroxylation sites is 1. The summed E-state index contributed by atoms with van der Waals surface area (Å²) in [6.07, 6.45) is 3.24. The Morgan fingerprint density at radius 3 is 2.86 bits per heavy atom. The smallest absolute Gasteiger partial charge is 0.271 e. The summed E-state index contributed by atoms with van der Waals surface area (Å²) in [7, 11) is 0. The zero-order chi connectivity index (χ0) is 14.8. The molecule has 5 nitrogen and oxygen atoms in total. The fraction of sp³-hybridized carbons (Fsp3) is 0. The van der Waals surface area contributed by atoms with Gasteiger partial charge < -0.3 is 4.98 Å². The Balaban J connectivity index is 1.99. The lowest BCUT2D eigenvalue weighted by Gasteiger charge is -1.97. The lowest BCUT2D eigenvalue weighted by molar-refractivity contribution is -0.384. The summed E-state index contributed by atoms with van der Waals surface area (Å²) in [5.74, 6) is -0.600. The average Bonchev–Trinajstić information content (AvgIpc) is 2.89. The molecular weight excluding hydrogens is 273 g/mol. The van der Waals surface area contributed by atoms with Gasteiger partial charge in [-0.25, -0.2) is 4.39 Å². The lowest BCUT2D eigenvalue weighted by atomic mass is 10.2. The number of nitro groups is 1. The van der Waals surface area contributed by atoms with E-state index in [1.807, 2.05) is 24.3 Å². The zero-order valence-corrected chi connectivity index (χ0v) is 10.8. The predicted molar refractivity (Wildman–Crippen MR) is 78.6 cm³/mol. The van der Waals surface area contributed by atoms with Gasteiger partial charge >= 0.3 is 0 Å². The molecule has 1 N–H and O–H groups in total. The summed E-state index contributed by atoms with van der Waals surface area (Å²) >= 11 is 0. The highest BCUT2D eigenvalue weighted by Gasteiger charge is 2.10. The number of fused-ring (bicyclic) bond motifs is 1. The molecule has 0 aliphatic carbocycles. The van der Waals surface area contributed by atoms with E-state index in [0.717, 1.165) is 34.7 Å². The first-order valence-corrected chi connectivity index (χ1v) is 6.19. The molecule has 0 unspecified atom stereocenters. The third kappa shape index (κ3) is 2.51. The van der Waals surface area contributed by atoms with Gasteiger partial charge in [-0.15, -0.1) is 0 Å². The molecule has 0 fully saturated rings. The zero-order valence-electron chi connectivity index (χ0n) is 10.8. The molecule has 0 aliphatic heterocycles. The molecule has 3 rings (SSSR count). The third-order valence-corrected chi connectivity index (χ3v) is 3.10. The maximum Gasteiger partial charge on any atom is 0.271 e. The second-order valence-electron chi connectivity index (χ2n) is 4.44. The van der Waals surface area contributed by atoms with Gasteiger partial charge in [0.05, 0.1) is 4.92 Å². The van der Waals surface area contributed by atoms with E-state index in [-0.39, 0.29) is 11.4 Å². The van der Waals surface area contributed by atoms with Gasteiger partial charge in [0.25, 0.3) is 5.69 Å². The highest BCUT2D eigenvalue weighted by atomic mass is 19.1. The molecule has 21 heavy (non-hydrogen) atoms. The van der Waals surface area contributed by atoms with Gasteiger partial charge in [-0.1, -0.05) is 18.2 Å². The molecule has 0 aliphatic rings. The fourth-order valence-electron chi connectivity index (χ4n) is 2.05. The summed E-state index contributed by atoms with van der Waals surface area (Å²) in [4.78, 5) is 17.2. The van der Waals surface area contributed by atoms with Crippen LogP contribution in [0.4, 0.5) is 15.8 Å². The van der Waals surface area contributed by atoms with Crippen LogP contribution in [0, 0.1) is 15.9 Å². The monoisotopic (exact) mass is 283 g/mol. The van der Waals surface area contributed by atoms with Crippen molar-refractivity contribution in [1.29, 1.82) is 0 Å². The maximum atomic E-state index is 13.6. The van der Waals surface area contributed by atoms with E-state index in [1.165, 1.54) is 6.21 Å². The lowest BCUT2D eigenvalue weighted by Crippen LogP contribution is -1.88. The second kappa shape index (κ2) is 5.16. The highest BCUT2D eigenvalue weighted by molar-refractivity contribution is 5.99.